The Bertz CT molecular complexity index is 639. The standard InChI is InChI=1S/C10H14N3O3PS2/c1-12-11-9-7-5-4-6-8(9)10(15-2)13(12)19-17(14,18)16-3/h4-7H,1-3H3,(H,14,18). The Kier molecular flexibility index (Phi) is 4.37. The van der Waals surface area contributed by atoms with Crippen LogP contribution in [0, 0.1) is 0 Å². The molecule has 0 saturated carbocycles. The molecule has 0 fully saturated rings. The highest BCUT2D eigenvalue weighted by Crippen LogP contribution is 2.58. The number of rotatable bonds is 4. The third-order valence-corrected chi connectivity index (χ3v) is 6.23. The SMILES string of the molecule is COC1=c2ccccc2=NN(C)N1SP(O)(=S)OC. The normalized spacial score (nSPS) is 17.6. The van der Waals surface area contributed by atoms with Gasteiger partial charge in [-0.15, -0.1) is 0 Å². The van der Waals surface area contributed by atoms with Gasteiger partial charge in [0.15, 0.2) is 0 Å². The summed E-state index contributed by atoms with van der Waals surface area (Å²) in [5.41, 5.74) is -2.97. The Morgan fingerprint density at radius 3 is 2.68 bits per heavy atom. The summed E-state index contributed by atoms with van der Waals surface area (Å²) in [5.74, 6) is 0.554. The molecule has 1 aliphatic heterocycles. The van der Waals surface area contributed by atoms with E-state index in [0.29, 0.717) is 5.88 Å². The molecule has 1 aromatic rings. The van der Waals surface area contributed by atoms with Gasteiger partial charge in [-0.25, -0.2) is 0 Å². The number of hydrazine groups is 1. The maximum Gasteiger partial charge on any atom is 0.266 e. The molecule has 0 saturated heterocycles. The van der Waals surface area contributed by atoms with E-state index in [-0.39, 0.29) is 0 Å². The summed E-state index contributed by atoms with van der Waals surface area (Å²) in [6.45, 7) is 0. The maximum atomic E-state index is 9.94. The van der Waals surface area contributed by atoms with Gasteiger partial charge in [0.25, 0.3) is 5.69 Å². The highest BCUT2D eigenvalue weighted by Gasteiger charge is 2.28. The second-order valence-electron chi connectivity index (χ2n) is 3.62. The van der Waals surface area contributed by atoms with E-state index in [1.807, 2.05) is 24.3 Å². The van der Waals surface area contributed by atoms with Gasteiger partial charge in [-0.3, -0.25) is 0 Å². The summed E-state index contributed by atoms with van der Waals surface area (Å²) in [6, 6.07) is 7.58. The molecule has 19 heavy (non-hydrogen) atoms. The molecule has 1 N–H and O–H groups in total. The summed E-state index contributed by atoms with van der Waals surface area (Å²) in [5, 5.41) is 7.57. The van der Waals surface area contributed by atoms with Crippen LogP contribution in [-0.2, 0) is 21.1 Å². The summed E-state index contributed by atoms with van der Waals surface area (Å²) in [4.78, 5) is 9.94. The number of benzene rings is 1. The summed E-state index contributed by atoms with van der Waals surface area (Å²) < 4.78 is 11.9. The van der Waals surface area contributed by atoms with Gasteiger partial charge in [-0.2, -0.15) is 14.6 Å². The maximum absolute atomic E-state index is 9.94. The van der Waals surface area contributed by atoms with E-state index in [0.717, 1.165) is 22.1 Å². The van der Waals surface area contributed by atoms with Crippen LogP contribution in [0.3, 0.4) is 0 Å². The fourth-order valence-corrected chi connectivity index (χ4v) is 4.13. The minimum absolute atomic E-state index is 0.554. The van der Waals surface area contributed by atoms with Crippen molar-refractivity contribution in [1.82, 2.24) is 9.53 Å². The fourth-order valence-electron chi connectivity index (χ4n) is 1.58. The van der Waals surface area contributed by atoms with Crippen molar-refractivity contribution in [2.45, 2.75) is 0 Å². The Hall–Kier alpha value is -0.790. The average molecular weight is 319 g/mol. The summed E-state index contributed by atoms with van der Waals surface area (Å²) >= 11 is 6.00. The molecule has 0 aliphatic carbocycles. The lowest BCUT2D eigenvalue weighted by molar-refractivity contribution is 0.110. The molecule has 1 atom stereocenters. The second kappa shape index (κ2) is 5.68. The van der Waals surface area contributed by atoms with E-state index in [2.05, 4.69) is 5.10 Å². The highest BCUT2D eigenvalue weighted by molar-refractivity contribution is 8.66. The highest BCUT2D eigenvalue weighted by atomic mass is 32.9. The van der Waals surface area contributed by atoms with Crippen LogP contribution >= 0.6 is 17.3 Å². The quantitative estimate of drug-likeness (QED) is 0.644. The van der Waals surface area contributed by atoms with Gasteiger partial charge in [-0.1, -0.05) is 12.1 Å². The van der Waals surface area contributed by atoms with E-state index in [4.69, 9.17) is 21.1 Å². The lowest BCUT2D eigenvalue weighted by Crippen LogP contribution is -2.44. The zero-order valence-electron chi connectivity index (χ0n) is 10.7. The first-order valence-corrected chi connectivity index (χ1v) is 9.37. The third kappa shape index (κ3) is 3.04. The molecule has 0 amide bonds. The lowest BCUT2D eigenvalue weighted by Gasteiger charge is -2.33. The first-order chi connectivity index (χ1) is 8.98. The van der Waals surface area contributed by atoms with Gasteiger partial charge < -0.3 is 14.2 Å². The minimum Gasteiger partial charge on any atom is -0.480 e. The molecular weight excluding hydrogens is 305 g/mol. The van der Waals surface area contributed by atoms with Gasteiger partial charge in [0, 0.05) is 14.2 Å². The van der Waals surface area contributed by atoms with Crippen LogP contribution in [0.15, 0.2) is 29.4 Å². The molecule has 1 aromatic carbocycles. The number of ether oxygens (including phenoxy) is 1. The van der Waals surface area contributed by atoms with E-state index < -0.39 is 5.69 Å². The molecule has 0 bridgehead atoms. The smallest absolute Gasteiger partial charge is 0.266 e. The van der Waals surface area contributed by atoms with Crippen LogP contribution < -0.4 is 10.6 Å². The molecule has 0 spiro atoms. The van der Waals surface area contributed by atoms with Crippen molar-refractivity contribution in [3.8, 4) is 0 Å². The molecular formula is C10H14N3O3PS2. The fraction of sp³-hybridized carbons (Fsp3) is 0.300. The molecule has 2 rings (SSSR count). The summed E-state index contributed by atoms with van der Waals surface area (Å²) in [7, 11) is 4.69. The Morgan fingerprint density at radius 2 is 2.05 bits per heavy atom. The molecule has 9 heteroatoms. The number of hydrogen-bond donors (Lipinski definition) is 1. The molecule has 1 unspecified atom stereocenters. The van der Waals surface area contributed by atoms with Crippen LogP contribution in [0.5, 0.6) is 0 Å². The number of methoxy groups -OCH3 is 1. The van der Waals surface area contributed by atoms with Crippen LogP contribution in [0.1, 0.15) is 0 Å². The van der Waals surface area contributed by atoms with Crippen molar-refractivity contribution >= 4 is 35.0 Å². The van der Waals surface area contributed by atoms with E-state index >= 15 is 0 Å². The number of nitrogens with zero attached hydrogens (tertiary/aromatic N) is 3. The molecule has 1 heterocycles. The van der Waals surface area contributed by atoms with Crippen molar-refractivity contribution in [2.75, 3.05) is 21.3 Å². The molecule has 1 aliphatic rings. The summed E-state index contributed by atoms with van der Waals surface area (Å²) in [6.07, 6.45) is 0. The van der Waals surface area contributed by atoms with Gasteiger partial charge in [0.2, 0.25) is 5.88 Å². The van der Waals surface area contributed by atoms with Crippen LogP contribution in [0.25, 0.3) is 5.88 Å². The largest absolute Gasteiger partial charge is 0.480 e. The Labute approximate surface area is 120 Å². The molecule has 0 aromatic heterocycles. The van der Waals surface area contributed by atoms with E-state index in [1.165, 1.54) is 7.11 Å². The van der Waals surface area contributed by atoms with Crippen molar-refractivity contribution in [3.63, 3.8) is 0 Å². The van der Waals surface area contributed by atoms with E-state index in [9.17, 15) is 4.89 Å². The molecule has 0 radical (unpaired) electrons. The van der Waals surface area contributed by atoms with Crippen LogP contribution in [0.2, 0.25) is 0 Å². The predicted octanol–water partition coefficient (Wildman–Crippen LogP) is 0.607. The third-order valence-electron chi connectivity index (χ3n) is 2.43. The predicted molar refractivity (Wildman–Crippen MR) is 78.3 cm³/mol. The van der Waals surface area contributed by atoms with Gasteiger partial charge in [-0.05, 0) is 23.9 Å². The first-order valence-electron chi connectivity index (χ1n) is 5.32. The van der Waals surface area contributed by atoms with Gasteiger partial charge >= 0.3 is 0 Å². The lowest BCUT2D eigenvalue weighted by atomic mass is 10.3. The Balaban J connectivity index is 2.53. The van der Waals surface area contributed by atoms with Crippen LogP contribution in [-0.4, -0.2) is 35.7 Å². The molecule has 6 nitrogen and oxygen atoms in total. The van der Waals surface area contributed by atoms with Crippen molar-refractivity contribution in [2.24, 2.45) is 5.10 Å². The van der Waals surface area contributed by atoms with Crippen molar-refractivity contribution in [3.05, 3.63) is 34.8 Å². The number of fused-ring (bicyclic) bond motifs is 1. The van der Waals surface area contributed by atoms with Crippen molar-refractivity contribution in [1.29, 1.82) is 0 Å². The zero-order valence-corrected chi connectivity index (χ0v) is 13.2. The molecule has 104 valence electrons. The first kappa shape index (κ1) is 14.6. The monoisotopic (exact) mass is 319 g/mol. The van der Waals surface area contributed by atoms with Crippen LogP contribution in [0.4, 0.5) is 0 Å². The second-order valence-corrected chi connectivity index (χ2v) is 9.59. The van der Waals surface area contributed by atoms with Crippen molar-refractivity contribution < 1.29 is 14.2 Å². The van der Waals surface area contributed by atoms with Gasteiger partial charge in [0.1, 0.15) is 0 Å². The zero-order chi connectivity index (χ0) is 14.0. The topological polar surface area (TPSA) is 57.5 Å². The van der Waals surface area contributed by atoms with Gasteiger partial charge in [0.05, 0.1) is 29.3 Å². The minimum atomic E-state index is -2.97. The average Bonchev–Trinajstić information content (AvgIpc) is 2.39. The van der Waals surface area contributed by atoms with E-state index in [1.54, 1.807) is 23.7 Å². The number of hydrogen-bond acceptors (Lipinski definition) is 7. The Morgan fingerprint density at radius 1 is 1.37 bits per heavy atom.